The molecule has 2 atom stereocenters. The highest BCUT2D eigenvalue weighted by Crippen LogP contribution is 2.15. The maximum atomic E-state index is 3.51. The van der Waals surface area contributed by atoms with Gasteiger partial charge in [-0.2, -0.15) is 0 Å². The quantitative estimate of drug-likeness (QED) is 0.502. The molecule has 0 saturated carbocycles. The monoisotopic (exact) mass is 227 g/mol. The van der Waals surface area contributed by atoms with E-state index in [1.165, 1.54) is 51.4 Å². The minimum Gasteiger partial charge on any atom is -0.314 e. The van der Waals surface area contributed by atoms with E-state index in [9.17, 15) is 0 Å². The van der Waals surface area contributed by atoms with Gasteiger partial charge in [-0.25, -0.2) is 0 Å². The summed E-state index contributed by atoms with van der Waals surface area (Å²) in [6.07, 6.45) is 11.4. The first kappa shape index (κ1) is 16.0. The molecule has 1 nitrogen and oxygen atoms in total. The fraction of sp³-hybridized carbons (Fsp3) is 1.00. The van der Waals surface area contributed by atoms with Crippen molar-refractivity contribution in [3.8, 4) is 0 Å². The molecule has 0 rings (SSSR count). The van der Waals surface area contributed by atoms with Crippen molar-refractivity contribution in [3.05, 3.63) is 0 Å². The second kappa shape index (κ2) is 11.4. The highest BCUT2D eigenvalue weighted by atomic mass is 14.9. The van der Waals surface area contributed by atoms with Crippen molar-refractivity contribution in [1.82, 2.24) is 5.32 Å². The minimum absolute atomic E-state index is 0.685. The normalized spacial score (nSPS) is 15.0. The van der Waals surface area contributed by atoms with Crippen molar-refractivity contribution < 1.29 is 0 Å². The van der Waals surface area contributed by atoms with Crippen LogP contribution in [0.15, 0.2) is 0 Å². The maximum absolute atomic E-state index is 3.51. The molecule has 2 unspecified atom stereocenters. The van der Waals surface area contributed by atoms with E-state index in [4.69, 9.17) is 0 Å². The van der Waals surface area contributed by atoms with Gasteiger partial charge < -0.3 is 5.32 Å². The molecule has 0 aromatic carbocycles. The summed E-state index contributed by atoms with van der Waals surface area (Å²) in [5.41, 5.74) is 0. The molecule has 0 aliphatic heterocycles. The van der Waals surface area contributed by atoms with Crippen LogP contribution in [0.5, 0.6) is 0 Å². The molecule has 0 spiro atoms. The van der Waals surface area contributed by atoms with Crippen LogP contribution >= 0.6 is 0 Å². The largest absolute Gasteiger partial charge is 0.314 e. The Morgan fingerprint density at radius 1 is 0.812 bits per heavy atom. The molecule has 1 heteroatoms. The molecule has 1 N–H and O–H groups in total. The summed E-state index contributed by atoms with van der Waals surface area (Å²) in [5.74, 6) is 0.829. The lowest BCUT2D eigenvalue weighted by molar-refractivity contribution is 0.371. The molecule has 0 aliphatic carbocycles. The first-order valence-corrected chi connectivity index (χ1v) is 7.45. The summed E-state index contributed by atoms with van der Waals surface area (Å²) in [7, 11) is 0. The molecule has 0 aromatic heterocycles. The van der Waals surface area contributed by atoms with E-state index in [1.807, 2.05) is 0 Å². The van der Waals surface area contributed by atoms with Crippen molar-refractivity contribution in [3.63, 3.8) is 0 Å². The molecule has 0 aromatic rings. The van der Waals surface area contributed by atoms with Crippen LogP contribution in [-0.2, 0) is 0 Å². The lowest BCUT2D eigenvalue weighted by atomic mass is 9.96. The van der Waals surface area contributed by atoms with Gasteiger partial charge in [0.1, 0.15) is 0 Å². The third kappa shape index (κ3) is 9.21. The number of unbranched alkanes of at least 4 members (excludes halogenated alkanes) is 6. The van der Waals surface area contributed by atoms with Gasteiger partial charge in [0, 0.05) is 6.04 Å². The molecule has 0 amide bonds. The van der Waals surface area contributed by atoms with Gasteiger partial charge in [-0.05, 0) is 25.8 Å². The Morgan fingerprint density at radius 3 is 1.94 bits per heavy atom. The third-order valence-corrected chi connectivity index (χ3v) is 3.64. The Bertz CT molecular complexity index is 133. The second-order valence-electron chi connectivity index (χ2n) is 5.23. The zero-order valence-electron chi connectivity index (χ0n) is 12.0. The van der Waals surface area contributed by atoms with Crippen molar-refractivity contribution in [2.24, 2.45) is 5.92 Å². The van der Waals surface area contributed by atoms with Gasteiger partial charge in [0.15, 0.2) is 0 Å². The molecular weight excluding hydrogens is 194 g/mol. The zero-order chi connectivity index (χ0) is 12.2. The first-order valence-electron chi connectivity index (χ1n) is 7.45. The predicted octanol–water partition coefficient (Wildman–Crippen LogP) is 4.76. The van der Waals surface area contributed by atoms with Gasteiger partial charge in [0.2, 0.25) is 0 Å². The van der Waals surface area contributed by atoms with Crippen molar-refractivity contribution >= 4 is 0 Å². The summed E-state index contributed by atoms with van der Waals surface area (Å²) >= 11 is 0. The van der Waals surface area contributed by atoms with Crippen molar-refractivity contribution in [2.45, 2.75) is 85.1 Å². The smallest absolute Gasteiger partial charge is 0.00642 e. The molecule has 0 bridgehead atoms. The summed E-state index contributed by atoms with van der Waals surface area (Å²) < 4.78 is 0. The highest BCUT2D eigenvalue weighted by molar-refractivity contribution is 4.67. The number of hydrogen-bond donors (Lipinski definition) is 1. The Kier molecular flexibility index (Phi) is 11.4. The van der Waals surface area contributed by atoms with Crippen LogP contribution in [0.3, 0.4) is 0 Å². The molecule has 0 saturated heterocycles. The highest BCUT2D eigenvalue weighted by Gasteiger charge is 2.09. The Labute approximate surface area is 103 Å². The van der Waals surface area contributed by atoms with Gasteiger partial charge in [-0.3, -0.25) is 0 Å². The third-order valence-electron chi connectivity index (χ3n) is 3.64. The van der Waals surface area contributed by atoms with Crippen LogP contribution in [0.1, 0.15) is 79.1 Å². The van der Waals surface area contributed by atoms with Gasteiger partial charge in [-0.1, -0.05) is 65.7 Å². The lowest BCUT2D eigenvalue weighted by Crippen LogP contribution is -2.31. The van der Waals surface area contributed by atoms with Crippen LogP contribution < -0.4 is 5.32 Å². The standard InChI is InChI=1S/C15H33N/c1-5-7-8-9-10-11-12-13-14(3)15(4)16-6-2/h14-16H,5-13H2,1-4H3. The molecule has 16 heavy (non-hydrogen) atoms. The Morgan fingerprint density at radius 2 is 1.38 bits per heavy atom. The SMILES string of the molecule is CCCCCCCCCC(C)C(C)NCC. The molecule has 98 valence electrons. The number of rotatable bonds is 11. The lowest BCUT2D eigenvalue weighted by Gasteiger charge is -2.20. The van der Waals surface area contributed by atoms with E-state index < -0.39 is 0 Å². The second-order valence-corrected chi connectivity index (χ2v) is 5.23. The summed E-state index contributed by atoms with van der Waals surface area (Å²) in [6, 6.07) is 0.685. The zero-order valence-corrected chi connectivity index (χ0v) is 12.0. The fourth-order valence-electron chi connectivity index (χ4n) is 2.20. The van der Waals surface area contributed by atoms with Crippen LogP contribution in [0.4, 0.5) is 0 Å². The summed E-state index contributed by atoms with van der Waals surface area (Å²) in [4.78, 5) is 0. The molecule has 0 radical (unpaired) electrons. The molecule has 0 heterocycles. The fourth-order valence-corrected chi connectivity index (χ4v) is 2.20. The van der Waals surface area contributed by atoms with Crippen LogP contribution in [0.2, 0.25) is 0 Å². The molecule has 0 aliphatic rings. The van der Waals surface area contributed by atoms with E-state index in [2.05, 4.69) is 33.0 Å². The minimum atomic E-state index is 0.685. The average Bonchev–Trinajstić information content (AvgIpc) is 2.28. The van der Waals surface area contributed by atoms with Gasteiger partial charge in [0.25, 0.3) is 0 Å². The predicted molar refractivity (Wildman–Crippen MR) is 74.9 cm³/mol. The Balaban J connectivity index is 3.23. The first-order chi connectivity index (χ1) is 7.72. The van der Waals surface area contributed by atoms with E-state index in [1.54, 1.807) is 0 Å². The van der Waals surface area contributed by atoms with E-state index >= 15 is 0 Å². The van der Waals surface area contributed by atoms with Gasteiger partial charge >= 0.3 is 0 Å². The maximum Gasteiger partial charge on any atom is 0.00642 e. The Hall–Kier alpha value is -0.0400. The van der Waals surface area contributed by atoms with Crippen LogP contribution in [-0.4, -0.2) is 12.6 Å². The summed E-state index contributed by atoms with van der Waals surface area (Å²) in [5, 5.41) is 3.51. The summed E-state index contributed by atoms with van der Waals surface area (Å²) in [6.45, 7) is 10.3. The van der Waals surface area contributed by atoms with Gasteiger partial charge in [0.05, 0.1) is 0 Å². The van der Waals surface area contributed by atoms with Gasteiger partial charge in [-0.15, -0.1) is 0 Å². The van der Waals surface area contributed by atoms with E-state index in [0.717, 1.165) is 12.5 Å². The van der Waals surface area contributed by atoms with Crippen molar-refractivity contribution in [1.29, 1.82) is 0 Å². The van der Waals surface area contributed by atoms with E-state index in [0.29, 0.717) is 6.04 Å². The number of nitrogens with one attached hydrogen (secondary N) is 1. The van der Waals surface area contributed by atoms with Crippen LogP contribution in [0, 0.1) is 5.92 Å². The topological polar surface area (TPSA) is 12.0 Å². The number of hydrogen-bond acceptors (Lipinski definition) is 1. The molecule has 0 fully saturated rings. The van der Waals surface area contributed by atoms with E-state index in [-0.39, 0.29) is 0 Å². The molecular formula is C15H33N. The average molecular weight is 227 g/mol. The van der Waals surface area contributed by atoms with Crippen molar-refractivity contribution in [2.75, 3.05) is 6.54 Å². The van der Waals surface area contributed by atoms with Crippen LogP contribution in [0.25, 0.3) is 0 Å².